The Hall–Kier alpha value is -3.53. The standard InChI is InChI=1S/C22H17F3N2O4S/c1-12(14-5-3-4-6-15(14)22(23,24)25)31-18-10-19(32-20(18)21(29)30-2)27-11-26-16-8-7-13(28)9-17(16)27/h3-12,28H,1-2H3/p+1/t12-/m1/s1. The minimum Gasteiger partial charge on any atom is -0.508 e. The Kier molecular flexibility index (Phi) is 5.55. The number of hydrogen-bond donors (Lipinski definition) is 2. The first-order valence-electron chi connectivity index (χ1n) is 9.46. The average molecular weight is 463 g/mol. The van der Waals surface area contributed by atoms with Gasteiger partial charge in [-0.25, -0.2) is 9.78 Å². The number of hydrogen-bond acceptors (Lipinski definition) is 5. The van der Waals surface area contributed by atoms with Gasteiger partial charge < -0.3 is 14.6 Å². The Bertz CT molecular complexity index is 1300. The number of esters is 1. The molecule has 166 valence electrons. The van der Waals surface area contributed by atoms with Crippen LogP contribution in [0.5, 0.6) is 11.5 Å². The fourth-order valence-corrected chi connectivity index (χ4v) is 4.39. The normalized spacial score (nSPS) is 12.7. The molecule has 0 aliphatic heterocycles. The number of fused-ring (bicyclic) bond motifs is 1. The van der Waals surface area contributed by atoms with Crippen molar-refractivity contribution in [1.82, 2.24) is 4.98 Å². The summed E-state index contributed by atoms with van der Waals surface area (Å²) in [6.45, 7) is 1.49. The predicted molar refractivity (Wildman–Crippen MR) is 111 cm³/mol. The molecule has 4 rings (SSSR count). The second kappa shape index (κ2) is 8.19. The van der Waals surface area contributed by atoms with Gasteiger partial charge in [0.1, 0.15) is 17.6 Å². The number of ether oxygens (including phenoxy) is 2. The summed E-state index contributed by atoms with van der Waals surface area (Å²) in [7, 11) is 1.21. The molecule has 4 aromatic rings. The third kappa shape index (κ3) is 4.01. The third-order valence-electron chi connectivity index (χ3n) is 4.89. The highest BCUT2D eigenvalue weighted by molar-refractivity contribution is 7.16. The Morgan fingerprint density at radius 2 is 1.94 bits per heavy atom. The topological polar surface area (TPSA) is 75.4 Å². The molecule has 2 heterocycles. The highest BCUT2D eigenvalue weighted by Gasteiger charge is 2.35. The van der Waals surface area contributed by atoms with E-state index in [0.717, 1.165) is 22.9 Å². The van der Waals surface area contributed by atoms with Gasteiger partial charge in [-0.3, -0.25) is 0 Å². The van der Waals surface area contributed by atoms with Crippen LogP contribution in [0.4, 0.5) is 13.2 Å². The van der Waals surface area contributed by atoms with Crippen LogP contribution < -0.4 is 9.30 Å². The first kappa shape index (κ1) is 21.7. The molecule has 1 atom stereocenters. The van der Waals surface area contributed by atoms with Gasteiger partial charge in [-0.15, -0.1) is 0 Å². The Morgan fingerprint density at radius 1 is 1.19 bits per heavy atom. The smallest absolute Gasteiger partial charge is 0.416 e. The zero-order valence-electron chi connectivity index (χ0n) is 16.9. The van der Waals surface area contributed by atoms with Gasteiger partial charge in [-0.2, -0.15) is 17.7 Å². The Balaban J connectivity index is 1.76. The fraction of sp³-hybridized carbons (Fsp3) is 0.182. The van der Waals surface area contributed by atoms with E-state index in [0.29, 0.717) is 10.5 Å². The predicted octanol–water partition coefficient (Wildman–Crippen LogP) is 5.16. The second-order valence-corrected chi connectivity index (χ2v) is 7.99. The molecule has 0 radical (unpaired) electrons. The van der Waals surface area contributed by atoms with E-state index in [1.807, 2.05) is 0 Å². The van der Waals surface area contributed by atoms with Crippen molar-refractivity contribution in [2.45, 2.75) is 19.2 Å². The van der Waals surface area contributed by atoms with Crippen molar-refractivity contribution in [2.75, 3.05) is 7.11 Å². The number of carbonyl (C=O) groups is 1. The number of aromatic hydroxyl groups is 1. The number of alkyl halides is 3. The molecule has 2 aromatic heterocycles. The van der Waals surface area contributed by atoms with E-state index in [-0.39, 0.29) is 21.9 Å². The van der Waals surface area contributed by atoms with Crippen LogP contribution in [0.25, 0.3) is 16.0 Å². The van der Waals surface area contributed by atoms with E-state index >= 15 is 0 Å². The molecule has 0 unspecified atom stereocenters. The minimum atomic E-state index is -4.54. The number of aromatic nitrogens is 2. The lowest BCUT2D eigenvalue weighted by Crippen LogP contribution is -2.26. The van der Waals surface area contributed by atoms with Crippen molar-refractivity contribution in [2.24, 2.45) is 0 Å². The van der Waals surface area contributed by atoms with Gasteiger partial charge >= 0.3 is 12.1 Å². The molecule has 0 aliphatic rings. The summed E-state index contributed by atoms with van der Waals surface area (Å²) in [4.78, 5) is 15.5. The highest BCUT2D eigenvalue weighted by Crippen LogP contribution is 2.38. The fourth-order valence-electron chi connectivity index (χ4n) is 3.39. The van der Waals surface area contributed by atoms with Gasteiger partial charge in [0, 0.05) is 17.7 Å². The largest absolute Gasteiger partial charge is 0.508 e. The van der Waals surface area contributed by atoms with Crippen LogP contribution in [-0.2, 0) is 10.9 Å². The lowest BCUT2D eigenvalue weighted by atomic mass is 10.0. The summed E-state index contributed by atoms with van der Waals surface area (Å²) >= 11 is 1.06. The van der Waals surface area contributed by atoms with E-state index in [1.54, 1.807) is 29.1 Å². The maximum absolute atomic E-state index is 13.4. The Labute approximate surface area is 184 Å². The highest BCUT2D eigenvalue weighted by atomic mass is 32.1. The van der Waals surface area contributed by atoms with Gasteiger partial charge in [0.2, 0.25) is 6.33 Å². The van der Waals surface area contributed by atoms with E-state index in [9.17, 15) is 23.1 Å². The summed E-state index contributed by atoms with van der Waals surface area (Å²) in [5.41, 5.74) is 0.535. The van der Waals surface area contributed by atoms with Crippen LogP contribution in [-0.4, -0.2) is 23.2 Å². The number of phenolic OH excluding ortho intramolecular Hbond substituents is 1. The Morgan fingerprint density at radius 3 is 2.66 bits per heavy atom. The number of phenols is 1. The number of aromatic amines is 1. The molecule has 0 saturated heterocycles. The van der Waals surface area contributed by atoms with Gasteiger partial charge in [-0.05, 0) is 25.1 Å². The van der Waals surface area contributed by atoms with Crippen LogP contribution in [0.1, 0.15) is 33.8 Å². The number of thiophene rings is 1. The number of benzene rings is 2. The first-order valence-corrected chi connectivity index (χ1v) is 10.3. The molecule has 2 N–H and O–H groups in total. The van der Waals surface area contributed by atoms with Crippen LogP contribution in [0.3, 0.4) is 0 Å². The van der Waals surface area contributed by atoms with E-state index < -0.39 is 23.8 Å². The maximum Gasteiger partial charge on any atom is 0.416 e. The molecule has 0 spiro atoms. The van der Waals surface area contributed by atoms with Gasteiger partial charge in [0.25, 0.3) is 0 Å². The average Bonchev–Trinajstić information content (AvgIpc) is 3.36. The number of imidazole rings is 1. The molecule has 0 bridgehead atoms. The molecule has 2 aromatic carbocycles. The summed E-state index contributed by atoms with van der Waals surface area (Å²) in [5.74, 6) is -0.511. The summed E-state index contributed by atoms with van der Waals surface area (Å²) in [5, 5.41) is 10.4. The molecular formula is C22H18F3N2O4S+. The first-order chi connectivity index (χ1) is 15.2. The number of nitrogens with zero attached hydrogens (tertiary/aromatic N) is 1. The molecule has 0 aliphatic carbocycles. The van der Waals surface area contributed by atoms with Crippen molar-refractivity contribution in [3.8, 4) is 16.5 Å². The third-order valence-corrected chi connectivity index (χ3v) is 5.99. The number of rotatable bonds is 5. The quantitative estimate of drug-likeness (QED) is 0.317. The summed E-state index contributed by atoms with van der Waals surface area (Å²) in [6.07, 6.45) is -3.89. The van der Waals surface area contributed by atoms with Gasteiger partial charge in [0.05, 0.1) is 12.7 Å². The lowest BCUT2D eigenvalue weighted by Gasteiger charge is -2.19. The van der Waals surface area contributed by atoms with E-state index in [1.165, 1.54) is 38.3 Å². The van der Waals surface area contributed by atoms with E-state index in [2.05, 4.69) is 4.98 Å². The van der Waals surface area contributed by atoms with Crippen LogP contribution in [0.15, 0.2) is 54.9 Å². The molecule has 0 amide bonds. The second-order valence-electron chi connectivity index (χ2n) is 6.96. The maximum atomic E-state index is 13.4. The molecule has 0 saturated carbocycles. The van der Waals surface area contributed by atoms with Crippen LogP contribution >= 0.6 is 11.3 Å². The molecule has 6 nitrogen and oxygen atoms in total. The number of nitrogens with one attached hydrogen (secondary N) is 1. The van der Waals surface area contributed by atoms with Crippen LogP contribution in [0.2, 0.25) is 0 Å². The van der Waals surface area contributed by atoms with Crippen molar-refractivity contribution < 1.29 is 37.1 Å². The van der Waals surface area contributed by atoms with Crippen LogP contribution in [0, 0.1) is 0 Å². The van der Waals surface area contributed by atoms with Crippen molar-refractivity contribution in [1.29, 1.82) is 0 Å². The number of methoxy groups -OCH3 is 1. The van der Waals surface area contributed by atoms with E-state index in [4.69, 9.17) is 9.47 Å². The van der Waals surface area contributed by atoms with Crippen molar-refractivity contribution >= 4 is 28.3 Å². The molecular weight excluding hydrogens is 445 g/mol. The summed E-state index contributed by atoms with van der Waals surface area (Å²) in [6, 6.07) is 11.5. The number of carbonyl (C=O) groups excluding carboxylic acids is 1. The zero-order chi connectivity index (χ0) is 23.0. The zero-order valence-corrected chi connectivity index (χ0v) is 17.8. The minimum absolute atomic E-state index is 0.0479. The lowest BCUT2D eigenvalue weighted by molar-refractivity contribution is -0.562. The van der Waals surface area contributed by atoms with Crippen molar-refractivity contribution in [3.63, 3.8) is 0 Å². The number of H-pyrrole nitrogens is 1. The molecule has 0 fully saturated rings. The van der Waals surface area contributed by atoms with Gasteiger partial charge in [-0.1, -0.05) is 29.5 Å². The number of halogens is 3. The molecule has 10 heteroatoms. The molecule has 32 heavy (non-hydrogen) atoms. The SMILES string of the molecule is COC(=O)c1sc(-[n+]2c[nH]c3ccc(O)cc32)cc1O[C@H](C)c1ccccc1C(F)(F)F. The van der Waals surface area contributed by atoms with Gasteiger partial charge in [0.15, 0.2) is 20.9 Å². The summed E-state index contributed by atoms with van der Waals surface area (Å²) < 4.78 is 52.7. The monoisotopic (exact) mass is 463 g/mol. The van der Waals surface area contributed by atoms with Crippen molar-refractivity contribution in [3.05, 3.63) is 70.9 Å².